The summed E-state index contributed by atoms with van der Waals surface area (Å²) in [5.74, 6) is 2.77. The fourth-order valence-electron chi connectivity index (χ4n) is 2.40. The third kappa shape index (κ3) is 2.57. The minimum absolute atomic E-state index is 0.254. The fraction of sp³-hybridized carbons (Fsp3) is 0.188. The van der Waals surface area contributed by atoms with E-state index >= 15 is 0 Å². The highest BCUT2D eigenvalue weighted by atomic mass is 16.7. The number of nitrogens with zero attached hydrogens (tertiary/aromatic N) is 4. The van der Waals surface area contributed by atoms with Crippen molar-refractivity contribution >= 4 is 11.6 Å². The second-order valence-electron chi connectivity index (χ2n) is 5.32. The SMILES string of the molecule is Cc1cn(-c2nc(Nc3ccc4c(c3)OCO4)ncc2C)cn1. The molecule has 7 nitrogen and oxygen atoms in total. The van der Waals surface area contributed by atoms with Crippen LogP contribution in [0.3, 0.4) is 0 Å². The van der Waals surface area contributed by atoms with Crippen molar-refractivity contribution in [2.24, 2.45) is 0 Å². The zero-order valence-electron chi connectivity index (χ0n) is 12.8. The number of aryl methyl sites for hydroxylation is 2. The molecule has 0 saturated heterocycles. The molecule has 0 fully saturated rings. The van der Waals surface area contributed by atoms with Gasteiger partial charge < -0.3 is 14.8 Å². The van der Waals surface area contributed by atoms with Crippen LogP contribution in [0.5, 0.6) is 11.5 Å². The van der Waals surface area contributed by atoms with Crippen molar-refractivity contribution in [3.63, 3.8) is 0 Å². The molecule has 3 aromatic rings. The zero-order valence-corrected chi connectivity index (χ0v) is 12.8. The van der Waals surface area contributed by atoms with E-state index in [1.54, 1.807) is 12.5 Å². The first-order valence-corrected chi connectivity index (χ1v) is 7.20. The quantitative estimate of drug-likeness (QED) is 0.802. The maximum Gasteiger partial charge on any atom is 0.231 e. The van der Waals surface area contributed by atoms with Crippen LogP contribution in [0, 0.1) is 13.8 Å². The molecule has 0 unspecified atom stereocenters. The van der Waals surface area contributed by atoms with Gasteiger partial charge in [0.15, 0.2) is 11.5 Å². The number of nitrogens with one attached hydrogen (secondary N) is 1. The highest BCUT2D eigenvalue weighted by molar-refractivity contribution is 5.60. The van der Waals surface area contributed by atoms with Crippen molar-refractivity contribution in [2.75, 3.05) is 12.1 Å². The number of anilines is 2. The summed E-state index contributed by atoms with van der Waals surface area (Å²) in [6.07, 6.45) is 5.46. The van der Waals surface area contributed by atoms with Gasteiger partial charge in [0.1, 0.15) is 12.1 Å². The highest BCUT2D eigenvalue weighted by Gasteiger charge is 2.14. The molecule has 0 saturated carbocycles. The average Bonchev–Trinajstić information content (AvgIpc) is 3.17. The predicted molar refractivity (Wildman–Crippen MR) is 84.5 cm³/mol. The van der Waals surface area contributed by atoms with Crippen LogP contribution in [0.4, 0.5) is 11.6 Å². The smallest absolute Gasteiger partial charge is 0.231 e. The van der Waals surface area contributed by atoms with Gasteiger partial charge in [0.05, 0.1) is 5.69 Å². The molecule has 2 aromatic heterocycles. The van der Waals surface area contributed by atoms with Crippen LogP contribution in [0.25, 0.3) is 5.82 Å². The Kier molecular flexibility index (Phi) is 3.11. The molecule has 0 radical (unpaired) electrons. The zero-order chi connectivity index (χ0) is 15.8. The minimum atomic E-state index is 0.254. The average molecular weight is 309 g/mol. The number of hydrogen-bond acceptors (Lipinski definition) is 6. The van der Waals surface area contributed by atoms with Gasteiger partial charge in [-0.05, 0) is 26.0 Å². The molecule has 0 bridgehead atoms. The molecular weight excluding hydrogens is 294 g/mol. The first kappa shape index (κ1) is 13.6. The Morgan fingerprint density at radius 3 is 2.83 bits per heavy atom. The summed E-state index contributed by atoms with van der Waals surface area (Å²) in [6.45, 7) is 4.16. The molecule has 3 heterocycles. The van der Waals surface area contributed by atoms with Gasteiger partial charge in [0.2, 0.25) is 12.7 Å². The summed E-state index contributed by atoms with van der Waals surface area (Å²) < 4.78 is 12.6. The number of aromatic nitrogens is 4. The summed E-state index contributed by atoms with van der Waals surface area (Å²) in [6, 6.07) is 5.63. The van der Waals surface area contributed by atoms with Gasteiger partial charge in [-0.25, -0.2) is 9.97 Å². The van der Waals surface area contributed by atoms with E-state index < -0.39 is 0 Å². The van der Waals surface area contributed by atoms with Gasteiger partial charge in [-0.1, -0.05) is 0 Å². The first-order valence-electron chi connectivity index (χ1n) is 7.20. The number of hydrogen-bond donors (Lipinski definition) is 1. The topological polar surface area (TPSA) is 74.1 Å². The van der Waals surface area contributed by atoms with Crippen LogP contribution in [0.15, 0.2) is 36.9 Å². The maximum atomic E-state index is 5.38. The Morgan fingerprint density at radius 2 is 2.00 bits per heavy atom. The van der Waals surface area contributed by atoms with Crippen LogP contribution in [-0.2, 0) is 0 Å². The van der Waals surface area contributed by atoms with E-state index in [0.717, 1.165) is 28.5 Å². The lowest BCUT2D eigenvalue weighted by Crippen LogP contribution is -2.04. The standard InChI is InChI=1S/C16H15N5O2/c1-10-6-17-16(20-15(10)21-7-11(2)18-8-21)19-12-3-4-13-14(5-12)23-9-22-13/h3-8H,9H2,1-2H3,(H,17,19,20). The van der Waals surface area contributed by atoms with E-state index in [4.69, 9.17) is 9.47 Å². The van der Waals surface area contributed by atoms with Crippen molar-refractivity contribution < 1.29 is 9.47 Å². The Morgan fingerprint density at radius 1 is 1.13 bits per heavy atom. The number of rotatable bonds is 3. The lowest BCUT2D eigenvalue weighted by Gasteiger charge is -2.09. The van der Waals surface area contributed by atoms with Crippen molar-refractivity contribution in [3.05, 3.63) is 48.2 Å². The fourth-order valence-corrected chi connectivity index (χ4v) is 2.40. The molecule has 7 heteroatoms. The van der Waals surface area contributed by atoms with E-state index in [-0.39, 0.29) is 6.79 Å². The third-order valence-electron chi connectivity index (χ3n) is 3.53. The summed E-state index contributed by atoms with van der Waals surface area (Å²) in [7, 11) is 0. The Balaban J connectivity index is 1.65. The molecule has 1 N–H and O–H groups in total. The van der Waals surface area contributed by atoms with Crippen LogP contribution < -0.4 is 14.8 Å². The number of fused-ring (bicyclic) bond motifs is 1. The van der Waals surface area contributed by atoms with Crippen molar-refractivity contribution in [3.8, 4) is 17.3 Å². The second-order valence-corrected chi connectivity index (χ2v) is 5.32. The van der Waals surface area contributed by atoms with Gasteiger partial charge in [0, 0.05) is 29.7 Å². The lowest BCUT2D eigenvalue weighted by atomic mass is 10.3. The van der Waals surface area contributed by atoms with Crippen LogP contribution in [0.1, 0.15) is 11.3 Å². The normalized spacial score (nSPS) is 12.4. The van der Waals surface area contributed by atoms with Gasteiger partial charge in [-0.15, -0.1) is 0 Å². The molecule has 1 aromatic carbocycles. The Labute approximate surface area is 132 Å². The van der Waals surface area contributed by atoms with E-state index in [1.165, 1.54) is 0 Å². The molecule has 0 aliphatic carbocycles. The maximum absolute atomic E-state index is 5.38. The molecular formula is C16H15N5O2. The van der Waals surface area contributed by atoms with Gasteiger partial charge >= 0.3 is 0 Å². The van der Waals surface area contributed by atoms with Gasteiger partial charge in [0.25, 0.3) is 0 Å². The first-order chi connectivity index (χ1) is 11.2. The van der Waals surface area contributed by atoms with E-state index in [0.29, 0.717) is 11.7 Å². The molecule has 116 valence electrons. The van der Waals surface area contributed by atoms with Crippen LogP contribution >= 0.6 is 0 Å². The molecule has 4 rings (SSSR count). The van der Waals surface area contributed by atoms with Crippen molar-refractivity contribution in [2.45, 2.75) is 13.8 Å². The molecule has 1 aliphatic rings. The largest absolute Gasteiger partial charge is 0.454 e. The number of imidazole rings is 1. The molecule has 0 atom stereocenters. The van der Waals surface area contributed by atoms with Crippen LogP contribution in [0.2, 0.25) is 0 Å². The summed E-state index contributed by atoms with van der Waals surface area (Å²) in [5, 5.41) is 3.19. The van der Waals surface area contributed by atoms with Crippen LogP contribution in [-0.4, -0.2) is 26.3 Å². The van der Waals surface area contributed by atoms with Crippen molar-refractivity contribution in [1.82, 2.24) is 19.5 Å². The molecule has 1 aliphatic heterocycles. The highest BCUT2D eigenvalue weighted by Crippen LogP contribution is 2.34. The number of benzene rings is 1. The second kappa shape index (κ2) is 5.28. The summed E-state index contributed by atoms with van der Waals surface area (Å²) in [5.41, 5.74) is 2.75. The predicted octanol–water partition coefficient (Wildman–Crippen LogP) is 2.75. The summed E-state index contributed by atoms with van der Waals surface area (Å²) in [4.78, 5) is 13.1. The van der Waals surface area contributed by atoms with E-state index in [1.807, 2.05) is 42.8 Å². The summed E-state index contributed by atoms with van der Waals surface area (Å²) >= 11 is 0. The molecule has 23 heavy (non-hydrogen) atoms. The minimum Gasteiger partial charge on any atom is -0.454 e. The third-order valence-corrected chi connectivity index (χ3v) is 3.53. The molecule has 0 spiro atoms. The van der Waals surface area contributed by atoms with E-state index in [9.17, 15) is 0 Å². The Bertz CT molecular complexity index is 875. The monoisotopic (exact) mass is 309 g/mol. The molecule has 0 amide bonds. The van der Waals surface area contributed by atoms with Gasteiger partial charge in [-0.2, -0.15) is 4.98 Å². The van der Waals surface area contributed by atoms with Crippen molar-refractivity contribution in [1.29, 1.82) is 0 Å². The lowest BCUT2D eigenvalue weighted by molar-refractivity contribution is 0.174. The Hall–Kier alpha value is -3.09. The van der Waals surface area contributed by atoms with E-state index in [2.05, 4.69) is 20.3 Å². The number of ether oxygens (including phenoxy) is 2. The van der Waals surface area contributed by atoms with Gasteiger partial charge in [-0.3, -0.25) is 4.57 Å².